The number of aromatic nitrogens is 1. The number of nitrogens with two attached hydrogens (primary N) is 1. The highest BCUT2D eigenvalue weighted by Gasteiger charge is 2.34. The fourth-order valence-electron chi connectivity index (χ4n) is 2.21. The fraction of sp³-hybridized carbons (Fsp3) is 0.250. The summed E-state index contributed by atoms with van der Waals surface area (Å²) >= 11 is 0. The van der Waals surface area contributed by atoms with Gasteiger partial charge in [0.1, 0.15) is 0 Å². The van der Waals surface area contributed by atoms with Crippen LogP contribution in [-0.4, -0.2) is 37.0 Å². The molecule has 1 amide bonds. The van der Waals surface area contributed by atoms with E-state index >= 15 is 0 Å². The maximum absolute atomic E-state index is 12.9. The lowest BCUT2D eigenvalue weighted by Gasteiger charge is -2.18. The molecule has 0 saturated carbocycles. The highest BCUT2D eigenvalue weighted by Crippen LogP contribution is 2.39. The number of pyridine rings is 1. The number of alkyl halides is 3. The first kappa shape index (κ1) is 18.4. The van der Waals surface area contributed by atoms with Gasteiger partial charge in [0.2, 0.25) is 0 Å². The molecule has 0 aliphatic heterocycles. The number of carbonyl (C=O) groups excluding carboxylic acids is 1. The van der Waals surface area contributed by atoms with Crippen LogP contribution < -0.4 is 15.8 Å². The standard InChI is InChI=1S/C16H17F3N4O2/c1-23(2)15(24)9-5-4-6-11(14(9)25-3)22-12-8-21-7-10(13(12)20)16(17,18)19/h4-8,22H,1-3H3,(H2,20,21). The van der Waals surface area contributed by atoms with E-state index in [9.17, 15) is 18.0 Å². The summed E-state index contributed by atoms with van der Waals surface area (Å²) in [6.45, 7) is 0. The number of ether oxygens (including phenoxy) is 1. The maximum Gasteiger partial charge on any atom is 0.419 e. The Labute approximate surface area is 142 Å². The van der Waals surface area contributed by atoms with Crippen molar-refractivity contribution < 1.29 is 22.7 Å². The van der Waals surface area contributed by atoms with Crippen LogP contribution in [0.2, 0.25) is 0 Å². The molecule has 0 saturated heterocycles. The molecule has 6 nitrogen and oxygen atoms in total. The lowest BCUT2D eigenvalue weighted by molar-refractivity contribution is -0.137. The number of methoxy groups -OCH3 is 1. The van der Waals surface area contributed by atoms with E-state index in [-0.39, 0.29) is 22.9 Å². The summed E-state index contributed by atoms with van der Waals surface area (Å²) in [5.41, 5.74) is 4.60. The molecule has 134 valence electrons. The maximum atomic E-state index is 12.9. The van der Waals surface area contributed by atoms with Crippen LogP contribution in [0.1, 0.15) is 15.9 Å². The SMILES string of the molecule is COc1c(Nc2cncc(C(F)(F)F)c2N)cccc1C(=O)N(C)C. The zero-order valence-corrected chi connectivity index (χ0v) is 13.8. The second kappa shape index (κ2) is 6.88. The van der Waals surface area contributed by atoms with E-state index in [4.69, 9.17) is 10.5 Å². The number of amides is 1. The molecule has 0 spiro atoms. The number of nitrogen functional groups attached to an aromatic ring is 1. The van der Waals surface area contributed by atoms with Crippen molar-refractivity contribution >= 4 is 23.0 Å². The van der Waals surface area contributed by atoms with Gasteiger partial charge in [-0.15, -0.1) is 0 Å². The van der Waals surface area contributed by atoms with Crippen LogP contribution in [0.3, 0.4) is 0 Å². The van der Waals surface area contributed by atoms with Gasteiger partial charge < -0.3 is 20.7 Å². The Morgan fingerprint density at radius 1 is 1.24 bits per heavy atom. The second-order valence-electron chi connectivity index (χ2n) is 5.36. The van der Waals surface area contributed by atoms with E-state index in [0.29, 0.717) is 11.9 Å². The number of para-hydroxylation sites is 1. The van der Waals surface area contributed by atoms with Crippen molar-refractivity contribution in [3.63, 3.8) is 0 Å². The summed E-state index contributed by atoms with van der Waals surface area (Å²) in [5.74, 6) is -0.117. The summed E-state index contributed by atoms with van der Waals surface area (Å²) in [5, 5.41) is 2.76. The van der Waals surface area contributed by atoms with Gasteiger partial charge in [0.15, 0.2) is 5.75 Å². The number of hydrogen-bond acceptors (Lipinski definition) is 5. The Bertz CT molecular complexity index is 791. The average Bonchev–Trinajstić information content (AvgIpc) is 2.54. The summed E-state index contributed by atoms with van der Waals surface area (Å²) < 4.78 is 44.1. The molecule has 1 aromatic heterocycles. The predicted molar refractivity (Wildman–Crippen MR) is 87.9 cm³/mol. The molecule has 25 heavy (non-hydrogen) atoms. The lowest BCUT2D eigenvalue weighted by Crippen LogP contribution is -2.22. The Morgan fingerprint density at radius 2 is 1.92 bits per heavy atom. The third-order valence-corrected chi connectivity index (χ3v) is 3.42. The van der Waals surface area contributed by atoms with Gasteiger partial charge in [-0.1, -0.05) is 6.07 Å². The highest BCUT2D eigenvalue weighted by molar-refractivity contribution is 5.99. The van der Waals surface area contributed by atoms with Gasteiger partial charge in [0.05, 0.1) is 41.5 Å². The fourth-order valence-corrected chi connectivity index (χ4v) is 2.21. The minimum atomic E-state index is -4.62. The Balaban J connectivity index is 2.49. The van der Waals surface area contributed by atoms with Crippen molar-refractivity contribution in [2.24, 2.45) is 0 Å². The Kier molecular flexibility index (Phi) is 5.05. The van der Waals surface area contributed by atoms with Gasteiger partial charge in [-0.25, -0.2) is 0 Å². The molecule has 2 aromatic rings. The monoisotopic (exact) mass is 354 g/mol. The number of anilines is 3. The van der Waals surface area contributed by atoms with Crippen molar-refractivity contribution in [1.82, 2.24) is 9.88 Å². The average molecular weight is 354 g/mol. The molecular weight excluding hydrogens is 337 g/mol. The van der Waals surface area contributed by atoms with E-state index in [1.54, 1.807) is 32.3 Å². The van der Waals surface area contributed by atoms with E-state index in [2.05, 4.69) is 10.3 Å². The van der Waals surface area contributed by atoms with Crippen LogP contribution in [0.5, 0.6) is 5.75 Å². The first-order valence-corrected chi connectivity index (χ1v) is 7.13. The molecule has 0 bridgehead atoms. The van der Waals surface area contributed by atoms with E-state index < -0.39 is 17.4 Å². The van der Waals surface area contributed by atoms with Gasteiger partial charge in [0.25, 0.3) is 5.91 Å². The van der Waals surface area contributed by atoms with E-state index in [1.807, 2.05) is 0 Å². The first-order chi connectivity index (χ1) is 11.7. The second-order valence-corrected chi connectivity index (χ2v) is 5.36. The lowest BCUT2D eigenvalue weighted by atomic mass is 10.1. The van der Waals surface area contributed by atoms with E-state index in [0.717, 1.165) is 0 Å². The van der Waals surface area contributed by atoms with Crippen molar-refractivity contribution in [3.8, 4) is 5.75 Å². The third kappa shape index (κ3) is 3.76. The van der Waals surface area contributed by atoms with Gasteiger partial charge >= 0.3 is 6.18 Å². The van der Waals surface area contributed by atoms with Crippen LogP contribution in [0.25, 0.3) is 0 Å². The zero-order chi connectivity index (χ0) is 18.8. The van der Waals surface area contributed by atoms with Crippen LogP contribution in [0.15, 0.2) is 30.6 Å². The molecule has 0 fully saturated rings. The normalized spacial score (nSPS) is 11.1. The van der Waals surface area contributed by atoms with Crippen molar-refractivity contribution in [1.29, 1.82) is 0 Å². The minimum absolute atomic E-state index is 0.0393. The largest absolute Gasteiger partial charge is 0.494 e. The number of carbonyl (C=O) groups is 1. The molecule has 3 N–H and O–H groups in total. The Hall–Kier alpha value is -2.97. The summed E-state index contributed by atoms with van der Waals surface area (Å²) in [6, 6.07) is 4.70. The van der Waals surface area contributed by atoms with Crippen LogP contribution in [-0.2, 0) is 6.18 Å². The molecular formula is C16H17F3N4O2. The Morgan fingerprint density at radius 3 is 2.48 bits per heavy atom. The summed E-state index contributed by atoms with van der Waals surface area (Å²) in [6.07, 6.45) is -2.80. The van der Waals surface area contributed by atoms with Crippen molar-refractivity contribution in [3.05, 3.63) is 41.7 Å². The number of halogens is 3. The highest BCUT2D eigenvalue weighted by atomic mass is 19.4. The van der Waals surface area contributed by atoms with Crippen LogP contribution >= 0.6 is 0 Å². The summed E-state index contributed by atoms with van der Waals surface area (Å²) in [7, 11) is 4.52. The van der Waals surface area contributed by atoms with Crippen molar-refractivity contribution in [2.45, 2.75) is 6.18 Å². The molecule has 1 aromatic carbocycles. The zero-order valence-electron chi connectivity index (χ0n) is 13.8. The molecule has 2 rings (SSSR count). The number of nitrogens with one attached hydrogen (secondary N) is 1. The number of rotatable bonds is 4. The minimum Gasteiger partial charge on any atom is -0.494 e. The van der Waals surface area contributed by atoms with Crippen molar-refractivity contribution in [2.75, 3.05) is 32.3 Å². The molecule has 0 radical (unpaired) electrons. The number of nitrogens with zero attached hydrogens (tertiary/aromatic N) is 2. The smallest absolute Gasteiger partial charge is 0.419 e. The molecule has 0 aliphatic carbocycles. The third-order valence-electron chi connectivity index (χ3n) is 3.42. The van der Waals surface area contributed by atoms with Gasteiger partial charge in [-0.2, -0.15) is 13.2 Å². The summed E-state index contributed by atoms with van der Waals surface area (Å²) in [4.78, 5) is 17.1. The number of benzene rings is 1. The van der Waals surface area contributed by atoms with Crippen LogP contribution in [0, 0.1) is 0 Å². The topological polar surface area (TPSA) is 80.5 Å². The molecule has 0 unspecified atom stereocenters. The van der Waals surface area contributed by atoms with Gasteiger partial charge in [-0.3, -0.25) is 9.78 Å². The molecule has 1 heterocycles. The molecule has 0 atom stereocenters. The predicted octanol–water partition coefficient (Wildman–Crippen LogP) is 3.14. The van der Waals surface area contributed by atoms with Gasteiger partial charge in [-0.05, 0) is 12.1 Å². The van der Waals surface area contributed by atoms with Gasteiger partial charge in [0, 0.05) is 20.3 Å². The first-order valence-electron chi connectivity index (χ1n) is 7.13. The quantitative estimate of drug-likeness (QED) is 0.882. The molecule has 0 aliphatic rings. The van der Waals surface area contributed by atoms with Crippen LogP contribution in [0.4, 0.5) is 30.2 Å². The molecule has 9 heteroatoms. The van der Waals surface area contributed by atoms with E-state index in [1.165, 1.54) is 18.2 Å². The number of hydrogen-bond donors (Lipinski definition) is 2.